The van der Waals surface area contributed by atoms with Crippen molar-refractivity contribution in [3.63, 3.8) is 0 Å². The number of rotatable bonds is 4. The third-order valence-electron chi connectivity index (χ3n) is 4.42. The number of anilines is 1. The van der Waals surface area contributed by atoms with Gasteiger partial charge in [-0.1, -0.05) is 30.3 Å². The minimum Gasteiger partial charge on any atom is -0.466 e. The summed E-state index contributed by atoms with van der Waals surface area (Å²) in [6.07, 6.45) is 3.61. The highest BCUT2D eigenvalue weighted by atomic mass is 16.5. The first-order chi connectivity index (χ1) is 13.5. The maximum absolute atomic E-state index is 13.1. The molecule has 4 rings (SSSR count). The van der Waals surface area contributed by atoms with Crippen molar-refractivity contribution >= 4 is 39.5 Å². The lowest BCUT2D eigenvalue weighted by atomic mass is 10.1. The molecule has 0 radical (unpaired) electrons. The molecule has 2 aromatic heterocycles. The minimum atomic E-state index is -0.331. The van der Waals surface area contributed by atoms with Gasteiger partial charge in [0.2, 0.25) is 5.95 Å². The average Bonchev–Trinajstić information content (AvgIpc) is 3.11. The molecule has 0 aliphatic carbocycles. The lowest BCUT2D eigenvalue weighted by molar-refractivity contribution is -0.142. The molecule has 0 spiro atoms. The Morgan fingerprint density at radius 2 is 1.79 bits per heavy atom. The first-order valence-electron chi connectivity index (χ1n) is 8.88. The maximum Gasteiger partial charge on any atom is 0.310 e. The van der Waals surface area contributed by atoms with E-state index >= 15 is 0 Å². The van der Waals surface area contributed by atoms with Crippen LogP contribution in [0.25, 0.3) is 21.7 Å². The van der Waals surface area contributed by atoms with Crippen LogP contribution in [-0.2, 0) is 16.0 Å². The van der Waals surface area contributed by atoms with Gasteiger partial charge in [0.1, 0.15) is 5.69 Å². The van der Waals surface area contributed by atoms with E-state index in [0.717, 1.165) is 10.8 Å². The maximum atomic E-state index is 13.1. The smallest absolute Gasteiger partial charge is 0.310 e. The normalized spacial score (nSPS) is 11.0. The van der Waals surface area contributed by atoms with Crippen molar-refractivity contribution in [1.82, 2.24) is 14.5 Å². The quantitative estimate of drug-likeness (QED) is 0.551. The van der Waals surface area contributed by atoms with Crippen LogP contribution in [-0.4, -0.2) is 33.0 Å². The highest BCUT2D eigenvalue weighted by Crippen LogP contribution is 2.22. The summed E-state index contributed by atoms with van der Waals surface area (Å²) in [4.78, 5) is 33.3. The molecule has 0 bridgehead atoms. The first-order valence-corrected chi connectivity index (χ1v) is 8.88. The monoisotopic (exact) mass is 374 g/mol. The summed E-state index contributed by atoms with van der Waals surface area (Å²) < 4.78 is 6.49. The molecule has 0 saturated carbocycles. The van der Waals surface area contributed by atoms with E-state index in [1.807, 2.05) is 24.3 Å². The molecule has 7 heteroatoms. The van der Waals surface area contributed by atoms with E-state index in [2.05, 4.69) is 9.97 Å². The van der Waals surface area contributed by atoms with E-state index in [1.54, 1.807) is 37.5 Å². The summed E-state index contributed by atoms with van der Waals surface area (Å²) in [5.74, 6) is -0.628. The molecule has 0 unspecified atom stereocenters. The number of nitrogens with two attached hydrogens (primary N) is 1. The van der Waals surface area contributed by atoms with Crippen LogP contribution in [0.3, 0.4) is 0 Å². The molecular weight excluding hydrogens is 356 g/mol. The number of nitrogen functional groups attached to an aromatic ring is 1. The van der Waals surface area contributed by atoms with Gasteiger partial charge in [-0.3, -0.25) is 14.2 Å². The third kappa shape index (κ3) is 3.29. The number of hydrogen-bond acceptors (Lipinski definition) is 6. The predicted molar refractivity (Wildman–Crippen MR) is 106 cm³/mol. The van der Waals surface area contributed by atoms with Gasteiger partial charge >= 0.3 is 5.97 Å². The SMILES string of the molecule is CCOC(=O)Cc1ccc2nc(N)nc(C(=O)n3cc4ccccc4c3)c2c1. The van der Waals surface area contributed by atoms with Crippen LogP contribution in [0, 0.1) is 0 Å². The Balaban J connectivity index is 1.79. The highest BCUT2D eigenvalue weighted by molar-refractivity contribution is 6.07. The van der Waals surface area contributed by atoms with Crippen LogP contribution in [0.5, 0.6) is 0 Å². The van der Waals surface area contributed by atoms with E-state index in [-0.39, 0.29) is 29.9 Å². The number of hydrogen-bond donors (Lipinski definition) is 1. The van der Waals surface area contributed by atoms with Gasteiger partial charge in [-0.2, -0.15) is 0 Å². The van der Waals surface area contributed by atoms with Gasteiger partial charge in [0.25, 0.3) is 5.91 Å². The molecule has 0 atom stereocenters. The second-order valence-corrected chi connectivity index (χ2v) is 6.36. The predicted octanol–water partition coefficient (Wildman–Crippen LogP) is 2.96. The summed E-state index contributed by atoms with van der Waals surface area (Å²) in [6.45, 7) is 2.07. The van der Waals surface area contributed by atoms with Crippen molar-refractivity contribution in [3.05, 3.63) is 66.1 Å². The standard InChI is InChI=1S/C21H18N4O3/c1-2-28-18(26)10-13-7-8-17-16(9-13)19(24-21(22)23-17)20(27)25-11-14-5-3-4-6-15(14)12-25/h3-9,11-12H,2,10H2,1H3,(H2,22,23,24). The fourth-order valence-electron chi connectivity index (χ4n) is 3.17. The van der Waals surface area contributed by atoms with Gasteiger partial charge < -0.3 is 10.5 Å². The fourth-order valence-corrected chi connectivity index (χ4v) is 3.17. The van der Waals surface area contributed by atoms with Gasteiger partial charge in [-0.15, -0.1) is 0 Å². The van der Waals surface area contributed by atoms with Crippen molar-refractivity contribution in [2.45, 2.75) is 13.3 Å². The van der Waals surface area contributed by atoms with Crippen molar-refractivity contribution in [2.24, 2.45) is 0 Å². The minimum absolute atomic E-state index is 0.0192. The van der Waals surface area contributed by atoms with E-state index < -0.39 is 0 Å². The lowest BCUT2D eigenvalue weighted by Gasteiger charge is -2.08. The van der Waals surface area contributed by atoms with Crippen LogP contribution < -0.4 is 5.73 Å². The highest BCUT2D eigenvalue weighted by Gasteiger charge is 2.18. The molecule has 0 aliphatic heterocycles. The number of nitrogens with zero attached hydrogens (tertiary/aromatic N) is 3. The number of aromatic nitrogens is 3. The summed E-state index contributed by atoms with van der Waals surface area (Å²) >= 11 is 0. The molecule has 4 aromatic rings. The van der Waals surface area contributed by atoms with Crippen molar-refractivity contribution in [1.29, 1.82) is 0 Å². The Hall–Kier alpha value is -3.74. The average molecular weight is 374 g/mol. The Morgan fingerprint density at radius 1 is 1.07 bits per heavy atom. The lowest BCUT2D eigenvalue weighted by Crippen LogP contribution is -2.14. The molecule has 0 fully saturated rings. The van der Waals surface area contributed by atoms with Gasteiger partial charge in [-0.25, -0.2) is 9.97 Å². The Kier molecular flexibility index (Phi) is 4.49. The van der Waals surface area contributed by atoms with E-state index in [4.69, 9.17) is 10.5 Å². The zero-order valence-corrected chi connectivity index (χ0v) is 15.3. The summed E-state index contributed by atoms with van der Waals surface area (Å²) in [5, 5.41) is 2.44. The number of fused-ring (bicyclic) bond motifs is 2. The molecule has 0 aliphatic rings. The summed E-state index contributed by atoms with van der Waals surface area (Å²) in [6, 6.07) is 12.9. The third-order valence-corrected chi connectivity index (χ3v) is 4.42. The van der Waals surface area contributed by atoms with Gasteiger partial charge in [0, 0.05) is 17.8 Å². The number of ether oxygens (including phenoxy) is 1. The molecular formula is C21H18N4O3. The van der Waals surface area contributed by atoms with Crippen LogP contribution in [0.2, 0.25) is 0 Å². The van der Waals surface area contributed by atoms with Gasteiger partial charge in [0.15, 0.2) is 0 Å². The summed E-state index contributed by atoms with van der Waals surface area (Å²) in [7, 11) is 0. The van der Waals surface area contributed by atoms with Gasteiger partial charge in [0.05, 0.1) is 18.5 Å². The molecule has 0 amide bonds. The second-order valence-electron chi connectivity index (χ2n) is 6.36. The van der Waals surface area contributed by atoms with E-state index in [9.17, 15) is 9.59 Å². The van der Waals surface area contributed by atoms with Crippen LogP contribution >= 0.6 is 0 Å². The fraction of sp³-hybridized carbons (Fsp3) is 0.143. The molecule has 2 N–H and O–H groups in total. The van der Waals surface area contributed by atoms with Crippen LogP contribution in [0.15, 0.2) is 54.9 Å². The second kappa shape index (κ2) is 7.11. The number of benzene rings is 2. The molecule has 2 heterocycles. The number of carbonyl (C=O) groups is 2. The molecule has 7 nitrogen and oxygen atoms in total. The largest absolute Gasteiger partial charge is 0.466 e. The first kappa shape index (κ1) is 17.7. The molecule has 0 saturated heterocycles. The number of esters is 1. The van der Waals surface area contributed by atoms with Crippen LogP contribution in [0.4, 0.5) is 5.95 Å². The Morgan fingerprint density at radius 3 is 2.46 bits per heavy atom. The molecule has 140 valence electrons. The topological polar surface area (TPSA) is 100 Å². The van der Waals surface area contributed by atoms with Crippen molar-refractivity contribution < 1.29 is 14.3 Å². The Labute approximate surface area is 160 Å². The Bertz CT molecular complexity index is 1180. The molecule has 2 aromatic carbocycles. The van der Waals surface area contributed by atoms with E-state index in [0.29, 0.717) is 23.1 Å². The van der Waals surface area contributed by atoms with Crippen molar-refractivity contribution in [3.8, 4) is 0 Å². The zero-order chi connectivity index (χ0) is 19.7. The van der Waals surface area contributed by atoms with E-state index in [1.165, 1.54) is 4.57 Å². The van der Waals surface area contributed by atoms with Crippen molar-refractivity contribution in [2.75, 3.05) is 12.3 Å². The van der Waals surface area contributed by atoms with Gasteiger partial charge in [-0.05, 0) is 35.4 Å². The van der Waals surface area contributed by atoms with Crippen LogP contribution in [0.1, 0.15) is 23.0 Å². The molecule has 28 heavy (non-hydrogen) atoms. The summed E-state index contributed by atoms with van der Waals surface area (Å²) in [5.41, 5.74) is 7.26. The number of carbonyl (C=O) groups excluding carboxylic acids is 2. The zero-order valence-electron chi connectivity index (χ0n) is 15.3.